The van der Waals surface area contributed by atoms with Gasteiger partial charge in [0.25, 0.3) is 0 Å². The largest absolute Gasteiger partial charge is 0.497 e. The maximum atomic E-state index is 6.17. The summed E-state index contributed by atoms with van der Waals surface area (Å²) in [6.07, 6.45) is 0.723. The van der Waals surface area contributed by atoms with Crippen LogP contribution >= 0.6 is 27.5 Å². The normalized spacial score (nSPS) is 15.2. The average Bonchev–Trinajstić information content (AvgIpc) is 3.39. The van der Waals surface area contributed by atoms with Crippen molar-refractivity contribution in [1.82, 2.24) is 9.97 Å². The Labute approximate surface area is 228 Å². The summed E-state index contributed by atoms with van der Waals surface area (Å²) in [5, 5.41) is 8.69. The molecule has 0 saturated carbocycles. The molecule has 5 aromatic rings. The van der Waals surface area contributed by atoms with Crippen LogP contribution in [-0.4, -0.2) is 22.8 Å². The van der Waals surface area contributed by atoms with Crippen LogP contribution in [0.15, 0.2) is 107 Å². The number of hydrogen-bond acceptors (Lipinski definition) is 5. The Kier molecular flexibility index (Phi) is 6.37. The van der Waals surface area contributed by atoms with E-state index < -0.39 is 0 Å². The zero-order chi connectivity index (χ0) is 25.4. The van der Waals surface area contributed by atoms with E-state index in [-0.39, 0.29) is 6.04 Å². The van der Waals surface area contributed by atoms with Gasteiger partial charge in [-0.2, -0.15) is 5.10 Å². The standard InChI is InChI=1S/C30H22BrClN4O/c1-37-24-16-10-19(11-17-24)27-18-28(20-6-12-22(31)13-7-20)36(35-27)30-33-26-5-3-2-4-25(26)29(34-30)21-8-14-23(32)15-9-21/h2-17,28H,18H2,1H3/t28-/m0/s1. The number of fused-ring (bicyclic) bond motifs is 1. The lowest BCUT2D eigenvalue weighted by Crippen LogP contribution is -2.21. The molecule has 0 bridgehead atoms. The van der Waals surface area contributed by atoms with Crippen molar-refractivity contribution >= 4 is 50.1 Å². The average molecular weight is 570 g/mol. The summed E-state index contributed by atoms with van der Waals surface area (Å²) >= 11 is 9.73. The number of halogens is 2. The summed E-state index contributed by atoms with van der Waals surface area (Å²) in [4.78, 5) is 10.0. The van der Waals surface area contributed by atoms with Crippen molar-refractivity contribution in [1.29, 1.82) is 0 Å². The minimum atomic E-state index is -0.0515. The molecule has 0 N–H and O–H groups in total. The molecule has 0 unspecified atom stereocenters. The van der Waals surface area contributed by atoms with Gasteiger partial charge in [0.1, 0.15) is 5.75 Å². The van der Waals surface area contributed by atoms with Gasteiger partial charge in [-0.1, -0.05) is 70.0 Å². The van der Waals surface area contributed by atoms with E-state index in [9.17, 15) is 0 Å². The number of benzene rings is 4. The van der Waals surface area contributed by atoms with Crippen LogP contribution < -0.4 is 9.75 Å². The molecule has 0 spiro atoms. The monoisotopic (exact) mass is 568 g/mol. The summed E-state index contributed by atoms with van der Waals surface area (Å²) in [6, 6.07) is 32.1. The van der Waals surface area contributed by atoms with Crippen LogP contribution in [0.5, 0.6) is 5.75 Å². The van der Waals surface area contributed by atoms with Gasteiger partial charge in [-0.05, 0) is 65.7 Å². The summed E-state index contributed by atoms with van der Waals surface area (Å²) < 4.78 is 6.38. The highest BCUT2D eigenvalue weighted by Gasteiger charge is 2.32. The minimum absolute atomic E-state index is 0.0515. The number of hydrazone groups is 1. The Morgan fingerprint density at radius 2 is 1.54 bits per heavy atom. The number of rotatable bonds is 5. The van der Waals surface area contributed by atoms with Gasteiger partial charge in [0.2, 0.25) is 5.95 Å². The van der Waals surface area contributed by atoms with Crippen LogP contribution in [0.4, 0.5) is 5.95 Å². The fourth-order valence-electron chi connectivity index (χ4n) is 4.59. The Morgan fingerprint density at radius 1 is 0.838 bits per heavy atom. The second-order valence-electron chi connectivity index (χ2n) is 8.79. The molecule has 2 heterocycles. The number of anilines is 1. The molecule has 4 aromatic carbocycles. The Hall–Kier alpha value is -3.74. The van der Waals surface area contributed by atoms with E-state index in [4.69, 9.17) is 31.4 Å². The quantitative estimate of drug-likeness (QED) is 0.215. The zero-order valence-corrected chi connectivity index (χ0v) is 22.3. The summed E-state index contributed by atoms with van der Waals surface area (Å²) in [7, 11) is 1.67. The molecule has 5 nitrogen and oxygen atoms in total. The molecule has 37 heavy (non-hydrogen) atoms. The van der Waals surface area contributed by atoms with Gasteiger partial charge in [0, 0.05) is 26.9 Å². The predicted molar refractivity (Wildman–Crippen MR) is 153 cm³/mol. The molecule has 182 valence electrons. The van der Waals surface area contributed by atoms with Crippen molar-refractivity contribution in [3.05, 3.63) is 118 Å². The van der Waals surface area contributed by atoms with Crippen LogP contribution in [0.3, 0.4) is 0 Å². The van der Waals surface area contributed by atoms with Crippen molar-refractivity contribution in [2.75, 3.05) is 12.1 Å². The molecule has 1 atom stereocenters. The van der Waals surface area contributed by atoms with Crippen LogP contribution in [0.1, 0.15) is 23.6 Å². The van der Waals surface area contributed by atoms with E-state index in [0.29, 0.717) is 11.0 Å². The van der Waals surface area contributed by atoms with Crippen molar-refractivity contribution in [3.63, 3.8) is 0 Å². The van der Waals surface area contributed by atoms with Gasteiger partial charge in [-0.15, -0.1) is 0 Å². The summed E-state index contributed by atoms with van der Waals surface area (Å²) in [5.74, 6) is 1.37. The van der Waals surface area contributed by atoms with Gasteiger partial charge in [0.15, 0.2) is 0 Å². The first-order chi connectivity index (χ1) is 18.1. The SMILES string of the molecule is COc1ccc(C2=NN(c3nc(-c4ccc(Cl)cc4)c4ccccc4n3)[C@H](c3ccc(Br)cc3)C2)cc1. The predicted octanol–water partition coefficient (Wildman–Crippen LogP) is 8.08. The van der Waals surface area contributed by atoms with Gasteiger partial charge in [-0.25, -0.2) is 15.0 Å². The van der Waals surface area contributed by atoms with E-state index in [0.717, 1.165) is 55.6 Å². The second-order valence-corrected chi connectivity index (χ2v) is 10.1. The van der Waals surface area contributed by atoms with Gasteiger partial charge in [-0.3, -0.25) is 0 Å². The molecular formula is C30H22BrClN4O. The molecule has 1 aliphatic heterocycles. The lowest BCUT2D eigenvalue weighted by molar-refractivity contribution is 0.415. The van der Waals surface area contributed by atoms with Gasteiger partial charge in [0.05, 0.1) is 30.1 Å². The third-order valence-corrected chi connectivity index (χ3v) is 7.28. The zero-order valence-electron chi connectivity index (χ0n) is 20.0. The first kappa shape index (κ1) is 23.6. The Bertz CT molecular complexity index is 1600. The van der Waals surface area contributed by atoms with E-state index in [1.54, 1.807) is 7.11 Å². The van der Waals surface area contributed by atoms with Crippen molar-refractivity contribution in [2.24, 2.45) is 5.10 Å². The molecule has 0 saturated heterocycles. The van der Waals surface area contributed by atoms with E-state index >= 15 is 0 Å². The third kappa shape index (κ3) is 4.70. The Morgan fingerprint density at radius 3 is 2.27 bits per heavy atom. The van der Waals surface area contributed by atoms with Crippen LogP contribution in [-0.2, 0) is 0 Å². The van der Waals surface area contributed by atoms with Crippen LogP contribution in [0.25, 0.3) is 22.2 Å². The molecule has 1 aliphatic rings. The molecule has 6 rings (SSSR count). The maximum Gasteiger partial charge on any atom is 0.247 e. The number of hydrogen-bond donors (Lipinski definition) is 0. The highest BCUT2D eigenvalue weighted by atomic mass is 79.9. The first-order valence-corrected chi connectivity index (χ1v) is 13.1. The van der Waals surface area contributed by atoms with E-state index in [1.807, 2.05) is 77.8 Å². The third-order valence-electron chi connectivity index (χ3n) is 6.50. The number of nitrogens with zero attached hydrogens (tertiary/aromatic N) is 4. The molecule has 0 aliphatic carbocycles. The van der Waals surface area contributed by atoms with Gasteiger partial charge < -0.3 is 4.74 Å². The van der Waals surface area contributed by atoms with Crippen molar-refractivity contribution < 1.29 is 4.74 Å². The molecule has 1 aromatic heterocycles. The number of para-hydroxylation sites is 1. The van der Waals surface area contributed by atoms with Crippen LogP contribution in [0, 0.1) is 0 Å². The van der Waals surface area contributed by atoms with E-state index in [2.05, 4.69) is 40.2 Å². The smallest absolute Gasteiger partial charge is 0.247 e. The first-order valence-electron chi connectivity index (χ1n) is 11.9. The maximum absolute atomic E-state index is 6.17. The molecular weight excluding hydrogens is 548 g/mol. The second kappa shape index (κ2) is 9.96. The summed E-state index contributed by atoms with van der Waals surface area (Å²) in [5.41, 5.74) is 5.84. The highest BCUT2D eigenvalue weighted by Crippen LogP contribution is 2.38. The molecule has 0 fully saturated rings. The molecule has 7 heteroatoms. The highest BCUT2D eigenvalue weighted by molar-refractivity contribution is 9.10. The van der Waals surface area contributed by atoms with Gasteiger partial charge >= 0.3 is 0 Å². The summed E-state index contributed by atoms with van der Waals surface area (Å²) in [6.45, 7) is 0. The lowest BCUT2D eigenvalue weighted by Gasteiger charge is -2.23. The fourth-order valence-corrected chi connectivity index (χ4v) is 4.98. The topological polar surface area (TPSA) is 50.6 Å². The Balaban J connectivity index is 1.50. The van der Waals surface area contributed by atoms with Crippen molar-refractivity contribution in [2.45, 2.75) is 12.5 Å². The van der Waals surface area contributed by atoms with Crippen molar-refractivity contribution in [3.8, 4) is 17.0 Å². The fraction of sp³-hybridized carbons (Fsp3) is 0.100. The molecule has 0 amide bonds. The number of ether oxygens (including phenoxy) is 1. The number of methoxy groups -OCH3 is 1. The lowest BCUT2D eigenvalue weighted by atomic mass is 9.98. The molecule has 0 radical (unpaired) electrons. The minimum Gasteiger partial charge on any atom is -0.497 e. The van der Waals surface area contributed by atoms with Crippen LogP contribution in [0.2, 0.25) is 5.02 Å². The van der Waals surface area contributed by atoms with E-state index in [1.165, 1.54) is 0 Å². The number of aromatic nitrogens is 2.